The normalized spacial score (nSPS) is 18.9. The summed E-state index contributed by atoms with van der Waals surface area (Å²) in [6.45, 7) is 3.77. The Morgan fingerprint density at radius 1 is 1.33 bits per heavy atom. The zero-order chi connectivity index (χ0) is 19.3. The Morgan fingerprint density at radius 2 is 2.11 bits per heavy atom. The molecule has 3 aromatic rings. The maximum atomic E-state index is 13.2. The summed E-state index contributed by atoms with van der Waals surface area (Å²) in [7, 11) is -1.43. The minimum Gasteiger partial charge on any atom is -0.338 e. The number of thiophene rings is 1. The summed E-state index contributed by atoms with van der Waals surface area (Å²) in [4.78, 5) is 21.3. The highest BCUT2D eigenvalue weighted by molar-refractivity contribution is 7.91. The van der Waals surface area contributed by atoms with Crippen molar-refractivity contribution in [1.82, 2.24) is 15.0 Å². The average Bonchev–Trinajstić information content (AvgIpc) is 3.32. The molecule has 142 valence electrons. The van der Waals surface area contributed by atoms with Crippen LogP contribution in [0.15, 0.2) is 22.7 Å². The zero-order valence-electron chi connectivity index (χ0n) is 15.2. The van der Waals surface area contributed by atoms with Gasteiger partial charge in [0.15, 0.2) is 9.84 Å². The number of rotatable bonds is 3. The lowest BCUT2D eigenvalue weighted by Gasteiger charge is -2.23. The second-order valence-electron chi connectivity index (χ2n) is 6.89. The maximum absolute atomic E-state index is 13.2. The van der Waals surface area contributed by atoms with Crippen LogP contribution in [0, 0.1) is 13.8 Å². The van der Waals surface area contributed by atoms with Crippen molar-refractivity contribution in [3.63, 3.8) is 0 Å². The highest BCUT2D eigenvalue weighted by atomic mass is 32.2. The topological polar surface area (TPSA) is 93.4 Å². The summed E-state index contributed by atoms with van der Waals surface area (Å²) < 4.78 is 28.9. The van der Waals surface area contributed by atoms with Gasteiger partial charge in [-0.05, 0) is 38.5 Å². The molecule has 4 heterocycles. The van der Waals surface area contributed by atoms with Gasteiger partial charge in [0, 0.05) is 18.0 Å². The van der Waals surface area contributed by atoms with E-state index in [1.54, 1.807) is 31.4 Å². The van der Waals surface area contributed by atoms with Gasteiger partial charge in [-0.15, -0.1) is 11.3 Å². The van der Waals surface area contributed by atoms with E-state index in [9.17, 15) is 13.2 Å². The van der Waals surface area contributed by atoms with Crippen LogP contribution < -0.4 is 0 Å². The van der Waals surface area contributed by atoms with Crippen molar-refractivity contribution in [2.24, 2.45) is 0 Å². The number of hydrogen-bond donors (Lipinski definition) is 0. The standard InChI is InChI=1S/C18H19N3O4S2/c1-10-4-5-15(26-10)14-8-13(16-11(2)20-25-17(16)19-14)18(22)21(3)12-6-7-27(23,24)9-12/h4-5,8,12H,6-7,9H2,1-3H3. The molecule has 1 saturated heterocycles. The fourth-order valence-electron chi connectivity index (χ4n) is 3.40. The predicted octanol–water partition coefficient (Wildman–Crippen LogP) is 2.83. The minimum atomic E-state index is -3.08. The van der Waals surface area contributed by atoms with Gasteiger partial charge in [0.25, 0.3) is 11.6 Å². The molecule has 27 heavy (non-hydrogen) atoms. The summed E-state index contributed by atoms with van der Waals surface area (Å²) in [6, 6.07) is 5.38. The van der Waals surface area contributed by atoms with Gasteiger partial charge in [0.2, 0.25) is 0 Å². The molecule has 1 aliphatic rings. The van der Waals surface area contributed by atoms with E-state index < -0.39 is 9.84 Å². The van der Waals surface area contributed by atoms with Crippen molar-refractivity contribution in [2.45, 2.75) is 26.3 Å². The van der Waals surface area contributed by atoms with Gasteiger partial charge in [-0.2, -0.15) is 0 Å². The van der Waals surface area contributed by atoms with E-state index in [1.807, 2.05) is 19.1 Å². The molecule has 4 rings (SSSR count). The second-order valence-corrected chi connectivity index (χ2v) is 10.4. The molecule has 1 unspecified atom stereocenters. The fraction of sp³-hybridized carbons (Fsp3) is 0.389. The SMILES string of the molecule is Cc1ccc(-c2cc(C(=O)N(C)C3CCS(=O)(=O)C3)c3c(C)noc3n2)s1. The lowest BCUT2D eigenvalue weighted by Crippen LogP contribution is -2.38. The summed E-state index contributed by atoms with van der Waals surface area (Å²) in [5, 5.41) is 4.53. The lowest BCUT2D eigenvalue weighted by atomic mass is 10.1. The molecule has 0 radical (unpaired) electrons. The number of carbonyl (C=O) groups excluding carboxylic acids is 1. The van der Waals surface area contributed by atoms with Crippen LogP contribution in [0.1, 0.15) is 27.3 Å². The third-order valence-corrected chi connectivity index (χ3v) is 7.69. The summed E-state index contributed by atoms with van der Waals surface area (Å²) in [5.41, 5.74) is 1.98. The van der Waals surface area contributed by atoms with E-state index >= 15 is 0 Å². The number of sulfone groups is 1. The van der Waals surface area contributed by atoms with Gasteiger partial charge in [-0.1, -0.05) is 5.16 Å². The summed E-state index contributed by atoms with van der Waals surface area (Å²) in [6.07, 6.45) is 0.457. The first kappa shape index (κ1) is 18.1. The van der Waals surface area contributed by atoms with Crippen molar-refractivity contribution in [2.75, 3.05) is 18.6 Å². The third kappa shape index (κ3) is 3.25. The predicted molar refractivity (Wildman–Crippen MR) is 104 cm³/mol. The third-order valence-electron chi connectivity index (χ3n) is 4.92. The largest absolute Gasteiger partial charge is 0.338 e. The summed E-state index contributed by atoms with van der Waals surface area (Å²) in [5.74, 6) is -0.124. The molecule has 0 saturated carbocycles. The highest BCUT2D eigenvalue weighted by Gasteiger charge is 2.34. The zero-order valence-corrected chi connectivity index (χ0v) is 16.9. The molecule has 0 N–H and O–H groups in total. The first-order chi connectivity index (χ1) is 12.7. The molecule has 0 aliphatic carbocycles. The van der Waals surface area contributed by atoms with Crippen molar-refractivity contribution in [1.29, 1.82) is 0 Å². The van der Waals surface area contributed by atoms with Crippen molar-refractivity contribution < 1.29 is 17.7 Å². The number of hydrogen-bond acceptors (Lipinski definition) is 7. The van der Waals surface area contributed by atoms with E-state index in [-0.39, 0.29) is 23.5 Å². The van der Waals surface area contributed by atoms with Crippen LogP contribution in [0.2, 0.25) is 0 Å². The monoisotopic (exact) mass is 405 g/mol. The number of nitrogens with zero attached hydrogens (tertiary/aromatic N) is 3. The van der Waals surface area contributed by atoms with Gasteiger partial charge in [-0.25, -0.2) is 13.4 Å². The van der Waals surface area contributed by atoms with Crippen LogP contribution in [-0.4, -0.2) is 54.0 Å². The molecule has 1 atom stereocenters. The highest BCUT2D eigenvalue weighted by Crippen LogP contribution is 2.32. The van der Waals surface area contributed by atoms with Crippen LogP contribution in [0.4, 0.5) is 0 Å². The molecular weight excluding hydrogens is 386 g/mol. The number of amides is 1. The van der Waals surface area contributed by atoms with E-state index in [0.717, 1.165) is 9.75 Å². The number of pyridine rings is 1. The molecule has 1 aliphatic heterocycles. The summed E-state index contributed by atoms with van der Waals surface area (Å²) >= 11 is 1.58. The van der Waals surface area contributed by atoms with Gasteiger partial charge < -0.3 is 9.42 Å². The fourth-order valence-corrected chi connectivity index (χ4v) is 6.00. The molecule has 1 amide bonds. The Balaban J connectivity index is 1.79. The van der Waals surface area contributed by atoms with Crippen molar-refractivity contribution in [3.8, 4) is 10.6 Å². The smallest absolute Gasteiger partial charge is 0.259 e. The molecule has 0 bridgehead atoms. The minimum absolute atomic E-state index is 0.00304. The van der Waals surface area contributed by atoms with Crippen LogP contribution >= 0.6 is 11.3 Å². The number of fused-ring (bicyclic) bond motifs is 1. The van der Waals surface area contributed by atoms with Crippen LogP contribution in [0.5, 0.6) is 0 Å². The first-order valence-electron chi connectivity index (χ1n) is 8.56. The Kier molecular flexibility index (Phi) is 4.31. The number of aromatic nitrogens is 2. The average molecular weight is 406 g/mol. The van der Waals surface area contributed by atoms with Gasteiger partial charge in [0.05, 0.1) is 38.7 Å². The van der Waals surface area contributed by atoms with E-state index in [0.29, 0.717) is 34.5 Å². The van der Waals surface area contributed by atoms with E-state index in [1.165, 1.54) is 4.90 Å². The molecule has 1 fully saturated rings. The van der Waals surface area contributed by atoms with Gasteiger partial charge in [-0.3, -0.25) is 4.79 Å². The quantitative estimate of drug-likeness (QED) is 0.665. The maximum Gasteiger partial charge on any atom is 0.259 e. The molecule has 9 heteroatoms. The Bertz CT molecular complexity index is 1150. The van der Waals surface area contributed by atoms with Crippen molar-refractivity contribution >= 4 is 38.2 Å². The van der Waals surface area contributed by atoms with E-state index in [4.69, 9.17) is 4.52 Å². The van der Waals surface area contributed by atoms with Crippen molar-refractivity contribution in [3.05, 3.63) is 34.3 Å². The molecule has 0 aromatic carbocycles. The Hall–Kier alpha value is -2.26. The van der Waals surface area contributed by atoms with Crippen LogP contribution in [0.3, 0.4) is 0 Å². The van der Waals surface area contributed by atoms with Crippen LogP contribution in [0.25, 0.3) is 21.7 Å². The first-order valence-corrected chi connectivity index (χ1v) is 11.2. The lowest BCUT2D eigenvalue weighted by molar-refractivity contribution is 0.0749. The molecular formula is C18H19N3O4S2. The Morgan fingerprint density at radius 3 is 2.74 bits per heavy atom. The van der Waals surface area contributed by atoms with Gasteiger partial charge in [0.1, 0.15) is 0 Å². The van der Waals surface area contributed by atoms with E-state index in [2.05, 4.69) is 10.1 Å². The van der Waals surface area contributed by atoms with Crippen LogP contribution in [-0.2, 0) is 9.84 Å². The second kappa shape index (κ2) is 6.42. The number of carbonyl (C=O) groups is 1. The van der Waals surface area contributed by atoms with Gasteiger partial charge >= 0.3 is 0 Å². The molecule has 3 aromatic heterocycles. The molecule has 7 nitrogen and oxygen atoms in total. The number of aryl methyl sites for hydroxylation is 2. The Labute approximate surface area is 160 Å². The molecule has 0 spiro atoms.